The summed E-state index contributed by atoms with van der Waals surface area (Å²) in [7, 11) is 0. The summed E-state index contributed by atoms with van der Waals surface area (Å²) in [5, 5.41) is 4.13. The SMILES string of the molecule is O=C(NCc1cccnc1)c1cc(-c2ccccc2)c(N2CCOCC2)s1. The molecular weight excluding hydrogens is 358 g/mol. The third-order valence-corrected chi connectivity index (χ3v) is 5.69. The summed E-state index contributed by atoms with van der Waals surface area (Å²) in [6.07, 6.45) is 3.49. The van der Waals surface area contributed by atoms with Crippen LogP contribution in [-0.4, -0.2) is 37.2 Å². The molecule has 1 fully saturated rings. The van der Waals surface area contributed by atoms with Gasteiger partial charge in [0.1, 0.15) is 0 Å². The van der Waals surface area contributed by atoms with Crippen LogP contribution >= 0.6 is 11.3 Å². The van der Waals surface area contributed by atoms with Crippen LogP contribution in [0.15, 0.2) is 60.9 Å². The van der Waals surface area contributed by atoms with E-state index >= 15 is 0 Å². The number of anilines is 1. The molecule has 6 heteroatoms. The first kappa shape index (κ1) is 17.7. The molecule has 0 saturated carbocycles. The van der Waals surface area contributed by atoms with Gasteiger partial charge in [-0.3, -0.25) is 9.78 Å². The summed E-state index contributed by atoms with van der Waals surface area (Å²) >= 11 is 1.55. The number of carbonyl (C=O) groups excluding carboxylic acids is 1. The Bertz CT molecular complexity index is 890. The molecule has 27 heavy (non-hydrogen) atoms. The van der Waals surface area contributed by atoms with E-state index in [1.54, 1.807) is 23.7 Å². The molecule has 1 aliphatic heterocycles. The number of aromatic nitrogens is 1. The average molecular weight is 379 g/mol. The van der Waals surface area contributed by atoms with E-state index in [4.69, 9.17) is 4.74 Å². The summed E-state index contributed by atoms with van der Waals surface area (Å²) in [4.78, 5) is 19.9. The zero-order valence-electron chi connectivity index (χ0n) is 14.9. The van der Waals surface area contributed by atoms with Crippen LogP contribution in [0.25, 0.3) is 11.1 Å². The van der Waals surface area contributed by atoms with Gasteiger partial charge in [0.2, 0.25) is 0 Å². The molecule has 4 rings (SSSR count). The molecule has 3 heterocycles. The number of pyridine rings is 1. The maximum absolute atomic E-state index is 12.7. The number of thiophene rings is 1. The second-order valence-electron chi connectivity index (χ2n) is 6.34. The highest BCUT2D eigenvalue weighted by atomic mass is 32.1. The van der Waals surface area contributed by atoms with Crippen LogP contribution in [-0.2, 0) is 11.3 Å². The van der Waals surface area contributed by atoms with Crippen molar-refractivity contribution in [3.8, 4) is 11.1 Å². The van der Waals surface area contributed by atoms with Gasteiger partial charge >= 0.3 is 0 Å². The molecular formula is C21H21N3O2S. The summed E-state index contributed by atoms with van der Waals surface area (Å²) < 4.78 is 5.49. The monoisotopic (exact) mass is 379 g/mol. The van der Waals surface area contributed by atoms with Crippen LogP contribution in [0.4, 0.5) is 5.00 Å². The van der Waals surface area contributed by atoms with Gasteiger partial charge < -0.3 is 15.0 Å². The maximum Gasteiger partial charge on any atom is 0.261 e. The van der Waals surface area contributed by atoms with Gasteiger partial charge in [-0.25, -0.2) is 0 Å². The van der Waals surface area contributed by atoms with Crippen molar-refractivity contribution in [3.05, 3.63) is 71.4 Å². The van der Waals surface area contributed by atoms with Crippen LogP contribution in [0.2, 0.25) is 0 Å². The maximum atomic E-state index is 12.7. The molecule has 1 saturated heterocycles. The number of hydrogen-bond donors (Lipinski definition) is 1. The van der Waals surface area contributed by atoms with E-state index < -0.39 is 0 Å². The van der Waals surface area contributed by atoms with Gasteiger partial charge in [0.15, 0.2) is 0 Å². The van der Waals surface area contributed by atoms with Gasteiger partial charge in [0, 0.05) is 37.6 Å². The number of amides is 1. The second-order valence-corrected chi connectivity index (χ2v) is 7.37. The van der Waals surface area contributed by atoms with Crippen molar-refractivity contribution >= 4 is 22.2 Å². The molecule has 0 radical (unpaired) electrons. The smallest absolute Gasteiger partial charge is 0.261 e. The van der Waals surface area contributed by atoms with Crippen LogP contribution in [0.1, 0.15) is 15.2 Å². The fourth-order valence-electron chi connectivity index (χ4n) is 3.09. The quantitative estimate of drug-likeness (QED) is 0.736. The highest BCUT2D eigenvalue weighted by Gasteiger charge is 2.21. The lowest BCUT2D eigenvalue weighted by Gasteiger charge is -2.28. The molecule has 0 aliphatic carbocycles. The molecule has 0 unspecified atom stereocenters. The highest BCUT2D eigenvalue weighted by molar-refractivity contribution is 7.18. The molecule has 1 N–H and O–H groups in total. The largest absolute Gasteiger partial charge is 0.378 e. The van der Waals surface area contributed by atoms with E-state index in [1.807, 2.05) is 36.4 Å². The predicted octanol–water partition coefficient (Wildman–Crippen LogP) is 3.58. The topological polar surface area (TPSA) is 54.5 Å². The normalized spacial score (nSPS) is 14.1. The Morgan fingerprint density at radius 3 is 2.70 bits per heavy atom. The number of rotatable bonds is 5. The van der Waals surface area contributed by atoms with Crippen molar-refractivity contribution in [2.45, 2.75) is 6.54 Å². The van der Waals surface area contributed by atoms with Gasteiger partial charge in [-0.15, -0.1) is 11.3 Å². The first-order valence-electron chi connectivity index (χ1n) is 9.00. The number of nitrogens with one attached hydrogen (secondary N) is 1. The number of morpholine rings is 1. The van der Waals surface area contributed by atoms with Gasteiger partial charge in [-0.2, -0.15) is 0 Å². The van der Waals surface area contributed by atoms with Crippen molar-refractivity contribution in [1.29, 1.82) is 0 Å². The Morgan fingerprint density at radius 2 is 1.96 bits per heavy atom. The second kappa shape index (κ2) is 8.33. The fourth-order valence-corrected chi connectivity index (χ4v) is 4.24. The number of carbonyl (C=O) groups is 1. The molecule has 3 aromatic rings. The van der Waals surface area contributed by atoms with Crippen LogP contribution in [0.5, 0.6) is 0 Å². The zero-order chi connectivity index (χ0) is 18.5. The van der Waals surface area contributed by atoms with Crippen molar-refractivity contribution in [2.24, 2.45) is 0 Å². The molecule has 2 aromatic heterocycles. The summed E-state index contributed by atoms with van der Waals surface area (Å²) in [6, 6.07) is 16.1. The standard InChI is InChI=1S/C21H21N3O2S/c25-20(23-15-16-5-4-8-22-14-16)19-13-18(17-6-2-1-3-7-17)21(27-19)24-9-11-26-12-10-24/h1-8,13-14H,9-12,15H2,(H,23,25). The Labute approximate surface area is 162 Å². The van der Waals surface area contributed by atoms with Gasteiger partial charge in [-0.1, -0.05) is 36.4 Å². The number of hydrogen-bond acceptors (Lipinski definition) is 5. The molecule has 5 nitrogen and oxygen atoms in total. The number of benzene rings is 1. The minimum Gasteiger partial charge on any atom is -0.378 e. The Hall–Kier alpha value is -2.70. The molecule has 0 bridgehead atoms. The third kappa shape index (κ3) is 4.18. The third-order valence-electron chi connectivity index (χ3n) is 4.50. The van der Waals surface area contributed by atoms with Crippen molar-refractivity contribution in [2.75, 3.05) is 31.2 Å². The highest BCUT2D eigenvalue weighted by Crippen LogP contribution is 2.39. The minimum atomic E-state index is -0.0551. The molecule has 0 atom stereocenters. The van der Waals surface area contributed by atoms with Crippen LogP contribution < -0.4 is 10.2 Å². The fraction of sp³-hybridized carbons (Fsp3) is 0.238. The van der Waals surface area contributed by atoms with E-state index in [1.165, 1.54) is 0 Å². The van der Waals surface area contributed by atoms with Gasteiger partial charge in [0.25, 0.3) is 5.91 Å². The Balaban J connectivity index is 1.59. The molecule has 0 spiro atoms. The predicted molar refractivity (Wildman–Crippen MR) is 108 cm³/mol. The lowest BCUT2D eigenvalue weighted by molar-refractivity contribution is 0.0955. The first-order valence-corrected chi connectivity index (χ1v) is 9.82. The van der Waals surface area contributed by atoms with Gasteiger partial charge in [-0.05, 0) is 23.3 Å². The van der Waals surface area contributed by atoms with E-state index in [-0.39, 0.29) is 5.91 Å². The van der Waals surface area contributed by atoms with E-state index in [0.717, 1.165) is 39.7 Å². The molecule has 1 aromatic carbocycles. The average Bonchev–Trinajstić information content (AvgIpc) is 3.20. The number of ether oxygens (including phenoxy) is 1. The van der Waals surface area contributed by atoms with Crippen LogP contribution in [0, 0.1) is 0 Å². The van der Waals surface area contributed by atoms with E-state index in [2.05, 4.69) is 27.3 Å². The number of nitrogens with zero attached hydrogens (tertiary/aromatic N) is 2. The van der Waals surface area contributed by atoms with Crippen molar-refractivity contribution in [1.82, 2.24) is 10.3 Å². The van der Waals surface area contributed by atoms with Gasteiger partial charge in [0.05, 0.1) is 23.1 Å². The first-order chi connectivity index (χ1) is 13.3. The molecule has 1 aliphatic rings. The van der Waals surface area contributed by atoms with E-state index in [0.29, 0.717) is 19.8 Å². The molecule has 138 valence electrons. The van der Waals surface area contributed by atoms with Crippen LogP contribution in [0.3, 0.4) is 0 Å². The van der Waals surface area contributed by atoms with E-state index in [9.17, 15) is 4.79 Å². The zero-order valence-corrected chi connectivity index (χ0v) is 15.7. The Morgan fingerprint density at radius 1 is 1.15 bits per heavy atom. The summed E-state index contributed by atoms with van der Waals surface area (Å²) in [5.74, 6) is -0.0551. The minimum absolute atomic E-state index is 0.0551. The van der Waals surface area contributed by atoms with Crippen molar-refractivity contribution in [3.63, 3.8) is 0 Å². The summed E-state index contributed by atoms with van der Waals surface area (Å²) in [5.41, 5.74) is 3.22. The lowest BCUT2D eigenvalue weighted by Crippen LogP contribution is -2.35. The molecule has 1 amide bonds. The summed E-state index contributed by atoms with van der Waals surface area (Å²) in [6.45, 7) is 3.59. The Kier molecular flexibility index (Phi) is 5.46. The van der Waals surface area contributed by atoms with Crippen molar-refractivity contribution < 1.29 is 9.53 Å². The lowest BCUT2D eigenvalue weighted by atomic mass is 10.1.